The molecule has 0 amide bonds. The molecule has 1 heterocycles. The van der Waals surface area contributed by atoms with Crippen LogP contribution in [-0.2, 0) is 4.43 Å². The zero-order valence-electron chi connectivity index (χ0n) is 8.10. The minimum Gasteiger partial charge on any atom is -0.415 e. The Hall–Kier alpha value is -0.343. The minimum atomic E-state index is -1.06. The van der Waals surface area contributed by atoms with E-state index in [1.807, 2.05) is 0 Å². The average Bonchev–Trinajstić information content (AvgIpc) is 2.17. The molecule has 0 N–H and O–H groups in total. The van der Waals surface area contributed by atoms with Gasteiger partial charge in [0, 0.05) is 6.61 Å². The third-order valence-corrected chi connectivity index (χ3v) is 5.31. The summed E-state index contributed by atoms with van der Waals surface area (Å²) in [5.74, 6) is 0. The molecule has 0 aromatic rings. The monoisotopic (exact) mass is 182 g/mol. The lowest BCUT2D eigenvalue weighted by molar-refractivity contribution is 0.292. The van der Waals surface area contributed by atoms with Crippen molar-refractivity contribution in [3.05, 3.63) is 23.4 Å². The second-order valence-corrected chi connectivity index (χ2v) is 5.94. The summed E-state index contributed by atoms with van der Waals surface area (Å²) in [6, 6.07) is 1.28. The van der Waals surface area contributed by atoms with Gasteiger partial charge < -0.3 is 4.43 Å². The fraction of sp³-hybridized carbons (Fsp3) is 0.600. The van der Waals surface area contributed by atoms with Crippen molar-refractivity contribution in [2.45, 2.75) is 32.7 Å². The molecule has 0 spiro atoms. The molecular formula is C10H18OSi. The van der Waals surface area contributed by atoms with Crippen LogP contribution in [0.1, 0.15) is 26.7 Å². The molecule has 1 saturated heterocycles. The molecule has 0 radical (unpaired) electrons. The van der Waals surface area contributed by atoms with Gasteiger partial charge in [0.1, 0.15) is 0 Å². The highest BCUT2D eigenvalue weighted by atomic mass is 28.3. The fourth-order valence-electron chi connectivity index (χ4n) is 1.45. The Bertz CT molecular complexity index is 190. The molecule has 1 atom stereocenters. The lowest BCUT2D eigenvalue weighted by atomic mass is 10.3. The first-order valence-corrected chi connectivity index (χ1v) is 6.56. The highest BCUT2D eigenvalue weighted by molar-refractivity contribution is 6.61. The summed E-state index contributed by atoms with van der Waals surface area (Å²) in [7, 11) is -1.06. The first-order chi connectivity index (χ1) is 5.75. The van der Waals surface area contributed by atoms with E-state index in [0.29, 0.717) is 0 Å². The molecule has 1 fully saturated rings. The number of allylic oxidation sites excluding steroid dienone is 3. The van der Waals surface area contributed by atoms with Crippen LogP contribution in [0.4, 0.5) is 0 Å². The van der Waals surface area contributed by atoms with Crippen LogP contribution in [0.25, 0.3) is 0 Å². The van der Waals surface area contributed by atoms with Crippen molar-refractivity contribution >= 4 is 9.04 Å². The van der Waals surface area contributed by atoms with Crippen molar-refractivity contribution in [2.75, 3.05) is 6.61 Å². The zero-order chi connectivity index (χ0) is 8.97. The minimum absolute atomic E-state index is 0.965. The van der Waals surface area contributed by atoms with Gasteiger partial charge in [0.05, 0.1) is 0 Å². The molecule has 68 valence electrons. The van der Waals surface area contributed by atoms with E-state index in [1.54, 1.807) is 0 Å². The Morgan fingerprint density at radius 1 is 1.50 bits per heavy atom. The summed E-state index contributed by atoms with van der Waals surface area (Å²) in [5.41, 5.74) is 1.33. The van der Waals surface area contributed by atoms with Crippen LogP contribution in [0.15, 0.2) is 23.4 Å². The highest BCUT2D eigenvalue weighted by Crippen LogP contribution is 2.20. The summed E-state index contributed by atoms with van der Waals surface area (Å²) in [6.07, 6.45) is 4.71. The smallest absolute Gasteiger partial charge is 0.207 e. The van der Waals surface area contributed by atoms with Gasteiger partial charge in [-0.15, -0.1) is 0 Å². The predicted octanol–water partition coefficient (Wildman–Crippen LogP) is 2.58. The van der Waals surface area contributed by atoms with E-state index in [-0.39, 0.29) is 0 Å². The first-order valence-electron chi connectivity index (χ1n) is 4.69. The maximum atomic E-state index is 5.76. The van der Waals surface area contributed by atoms with Crippen LogP contribution in [0.5, 0.6) is 0 Å². The van der Waals surface area contributed by atoms with Gasteiger partial charge in [-0.3, -0.25) is 0 Å². The summed E-state index contributed by atoms with van der Waals surface area (Å²) in [5, 5.41) is 1.30. The largest absolute Gasteiger partial charge is 0.415 e. The van der Waals surface area contributed by atoms with Gasteiger partial charge in [0.25, 0.3) is 0 Å². The number of rotatable bonds is 2. The van der Waals surface area contributed by atoms with E-state index in [0.717, 1.165) is 6.61 Å². The van der Waals surface area contributed by atoms with Gasteiger partial charge in [0.15, 0.2) is 0 Å². The van der Waals surface area contributed by atoms with Crippen LogP contribution in [0.3, 0.4) is 0 Å². The molecule has 1 aliphatic heterocycles. The molecule has 0 bridgehead atoms. The van der Waals surface area contributed by atoms with Gasteiger partial charge in [-0.25, -0.2) is 0 Å². The van der Waals surface area contributed by atoms with Crippen LogP contribution < -0.4 is 0 Å². The van der Waals surface area contributed by atoms with Crippen LogP contribution in [-0.4, -0.2) is 15.6 Å². The lowest BCUT2D eigenvalue weighted by Crippen LogP contribution is -2.26. The van der Waals surface area contributed by atoms with Crippen LogP contribution >= 0.6 is 0 Å². The second-order valence-electron chi connectivity index (χ2n) is 3.35. The first kappa shape index (κ1) is 9.74. The topological polar surface area (TPSA) is 9.23 Å². The lowest BCUT2D eigenvalue weighted by Gasteiger charge is -2.23. The summed E-state index contributed by atoms with van der Waals surface area (Å²) in [4.78, 5) is 0. The quantitative estimate of drug-likeness (QED) is 0.471. The van der Waals surface area contributed by atoms with Crippen molar-refractivity contribution in [2.24, 2.45) is 0 Å². The van der Waals surface area contributed by atoms with Crippen molar-refractivity contribution in [1.29, 1.82) is 0 Å². The number of hydrogen-bond donors (Lipinski definition) is 0. The van der Waals surface area contributed by atoms with Gasteiger partial charge in [-0.1, -0.05) is 24.6 Å². The van der Waals surface area contributed by atoms with Crippen LogP contribution in [0, 0.1) is 0 Å². The van der Waals surface area contributed by atoms with Gasteiger partial charge in [0.2, 0.25) is 9.04 Å². The van der Waals surface area contributed by atoms with E-state index in [9.17, 15) is 0 Å². The van der Waals surface area contributed by atoms with E-state index in [1.165, 1.54) is 29.7 Å². The van der Waals surface area contributed by atoms with Crippen molar-refractivity contribution in [3.63, 3.8) is 0 Å². The molecule has 1 nitrogen and oxygen atoms in total. The maximum Gasteiger partial charge on any atom is 0.207 e. The Balaban J connectivity index is 2.51. The molecular weight excluding hydrogens is 164 g/mol. The molecule has 0 aliphatic carbocycles. The Kier molecular flexibility index (Phi) is 3.76. The van der Waals surface area contributed by atoms with E-state index in [4.69, 9.17) is 4.43 Å². The third kappa shape index (κ3) is 2.32. The molecule has 2 heteroatoms. The second kappa shape index (κ2) is 4.63. The molecule has 0 saturated carbocycles. The molecule has 0 aromatic carbocycles. The Labute approximate surface area is 76.9 Å². The molecule has 1 aliphatic rings. The van der Waals surface area contributed by atoms with Gasteiger partial charge in [-0.05, 0) is 31.5 Å². The van der Waals surface area contributed by atoms with Gasteiger partial charge >= 0.3 is 0 Å². The van der Waals surface area contributed by atoms with Crippen molar-refractivity contribution < 1.29 is 4.43 Å². The molecule has 1 unspecified atom stereocenters. The Morgan fingerprint density at radius 2 is 2.25 bits per heavy atom. The van der Waals surface area contributed by atoms with E-state index >= 15 is 0 Å². The van der Waals surface area contributed by atoms with Crippen molar-refractivity contribution in [3.8, 4) is 0 Å². The Morgan fingerprint density at radius 3 is 2.75 bits per heavy atom. The summed E-state index contributed by atoms with van der Waals surface area (Å²) in [6.45, 7) is 9.28. The highest BCUT2D eigenvalue weighted by Gasteiger charge is 2.19. The summed E-state index contributed by atoms with van der Waals surface area (Å²) < 4.78 is 5.76. The SMILES string of the molecule is C=C(C(C)=CC)[SiH]1CCCCO1. The third-order valence-electron chi connectivity index (χ3n) is 2.51. The predicted molar refractivity (Wildman–Crippen MR) is 55.7 cm³/mol. The van der Waals surface area contributed by atoms with Gasteiger partial charge in [-0.2, -0.15) is 0 Å². The standard InChI is InChI=1S/C10H18OSi/c1-4-9(2)10(3)12-8-6-5-7-11-12/h4,12H,3,5-8H2,1-2H3. The fourth-order valence-corrected chi connectivity index (χ4v) is 3.96. The molecule has 1 rings (SSSR count). The van der Waals surface area contributed by atoms with E-state index < -0.39 is 9.04 Å². The molecule has 0 aromatic heterocycles. The summed E-state index contributed by atoms with van der Waals surface area (Å²) >= 11 is 0. The van der Waals surface area contributed by atoms with Crippen molar-refractivity contribution in [1.82, 2.24) is 0 Å². The maximum absolute atomic E-state index is 5.76. The van der Waals surface area contributed by atoms with E-state index in [2.05, 4.69) is 26.5 Å². The number of hydrogen-bond acceptors (Lipinski definition) is 1. The van der Waals surface area contributed by atoms with Crippen LogP contribution in [0.2, 0.25) is 6.04 Å². The normalized spacial score (nSPS) is 25.5. The zero-order valence-corrected chi connectivity index (χ0v) is 9.25. The average molecular weight is 182 g/mol. The molecule has 12 heavy (non-hydrogen) atoms.